The van der Waals surface area contributed by atoms with Gasteiger partial charge in [-0.1, -0.05) is 0 Å². The monoisotopic (exact) mass is 195 g/mol. The van der Waals surface area contributed by atoms with E-state index >= 15 is 0 Å². The summed E-state index contributed by atoms with van der Waals surface area (Å²) >= 11 is 0. The topological polar surface area (TPSA) is 79.8 Å². The van der Waals surface area contributed by atoms with Crippen molar-refractivity contribution in [3.63, 3.8) is 0 Å². The summed E-state index contributed by atoms with van der Waals surface area (Å²) in [5.41, 5.74) is 0.670. The Kier molecular flexibility index (Phi) is 1.97. The predicted octanol–water partition coefficient (Wildman–Crippen LogP) is -0.174. The first-order chi connectivity index (χ1) is 6.72. The lowest BCUT2D eigenvalue weighted by Crippen LogP contribution is -1.99. The number of carboxylic acids is 1. The second-order valence-corrected chi connectivity index (χ2v) is 2.85. The number of fused-ring (bicyclic) bond motifs is 1. The largest absolute Gasteiger partial charge is 0.476 e. The molecule has 2 rings (SSSR count). The summed E-state index contributed by atoms with van der Waals surface area (Å²) in [4.78, 5) is 10.6. The number of aliphatic hydroxyl groups excluding tert-OH is 1. The van der Waals surface area contributed by atoms with Crippen LogP contribution < -0.4 is 0 Å². The van der Waals surface area contributed by atoms with Gasteiger partial charge in [0.1, 0.15) is 5.65 Å². The molecule has 2 aromatic heterocycles. The van der Waals surface area contributed by atoms with Gasteiger partial charge in [-0.2, -0.15) is 5.10 Å². The quantitative estimate of drug-likeness (QED) is 0.712. The van der Waals surface area contributed by atoms with Crippen LogP contribution in [0.3, 0.4) is 0 Å². The van der Waals surface area contributed by atoms with Gasteiger partial charge in [0, 0.05) is 25.0 Å². The standard InChI is InChI=1S/C8H9N3O3/c12-4-3-10-1-2-11-7(10)5-6(9-11)8(13)14/h1-2,5,12H,3-4H2,(H,13,14). The molecule has 0 saturated carbocycles. The van der Waals surface area contributed by atoms with E-state index in [-0.39, 0.29) is 12.3 Å². The van der Waals surface area contributed by atoms with E-state index in [1.807, 2.05) is 0 Å². The highest BCUT2D eigenvalue weighted by molar-refractivity contribution is 5.86. The van der Waals surface area contributed by atoms with E-state index in [9.17, 15) is 4.79 Å². The van der Waals surface area contributed by atoms with Gasteiger partial charge in [0.2, 0.25) is 0 Å². The third-order valence-corrected chi connectivity index (χ3v) is 1.96. The highest BCUT2D eigenvalue weighted by atomic mass is 16.4. The summed E-state index contributed by atoms with van der Waals surface area (Å²) in [7, 11) is 0. The minimum atomic E-state index is -1.05. The molecule has 0 spiro atoms. The maximum Gasteiger partial charge on any atom is 0.356 e. The molecule has 0 saturated heterocycles. The van der Waals surface area contributed by atoms with Crippen LogP contribution in [0, 0.1) is 0 Å². The van der Waals surface area contributed by atoms with E-state index in [0.717, 1.165) is 0 Å². The highest BCUT2D eigenvalue weighted by Crippen LogP contribution is 2.07. The molecule has 2 N–H and O–H groups in total. The van der Waals surface area contributed by atoms with E-state index in [4.69, 9.17) is 10.2 Å². The Hall–Kier alpha value is -1.82. The Bertz CT molecular complexity index is 471. The number of aromatic carboxylic acids is 1. The van der Waals surface area contributed by atoms with Gasteiger partial charge < -0.3 is 14.8 Å². The number of carboxylic acid groups (broad SMARTS) is 1. The van der Waals surface area contributed by atoms with E-state index < -0.39 is 5.97 Å². The Labute approximate surface area is 79.0 Å². The van der Waals surface area contributed by atoms with Crippen LogP contribution in [0.4, 0.5) is 0 Å². The molecule has 0 fully saturated rings. The molecule has 0 aliphatic heterocycles. The van der Waals surface area contributed by atoms with E-state index in [1.165, 1.54) is 10.6 Å². The zero-order valence-corrected chi connectivity index (χ0v) is 7.29. The van der Waals surface area contributed by atoms with Crippen molar-refractivity contribution in [2.75, 3.05) is 6.61 Å². The van der Waals surface area contributed by atoms with Crippen LogP contribution >= 0.6 is 0 Å². The summed E-state index contributed by atoms with van der Waals surface area (Å²) in [5.74, 6) is -1.05. The van der Waals surface area contributed by atoms with E-state index in [2.05, 4.69) is 5.10 Å². The number of hydrogen-bond acceptors (Lipinski definition) is 3. The molecule has 6 heteroatoms. The van der Waals surface area contributed by atoms with Crippen LogP contribution in [0.1, 0.15) is 10.5 Å². The van der Waals surface area contributed by atoms with Gasteiger partial charge in [-0.05, 0) is 0 Å². The Morgan fingerprint density at radius 1 is 1.50 bits per heavy atom. The van der Waals surface area contributed by atoms with Crippen LogP contribution in [0.5, 0.6) is 0 Å². The van der Waals surface area contributed by atoms with Crippen molar-refractivity contribution in [1.82, 2.24) is 14.2 Å². The number of hydrogen-bond donors (Lipinski definition) is 2. The lowest BCUT2D eigenvalue weighted by Gasteiger charge is -1.97. The third-order valence-electron chi connectivity index (χ3n) is 1.96. The van der Waals surface area contributed by atoms with Crippen molar-refractivity contribution in [3.05, 3.63) is 24.2 Å². The van der Waals surface area contributed by atoms with Crippen LogP contribution in [0.2, 0.25) is 0 Å². The van der Waals surface area contributed by atoms with Crippen molar-refractivity contribution >= 4 is 11.6 Å². The first-order valence-corrected chi connectivity index (χ1v) is 4.11. The normalized spacial score (nSPS) is 10.9. The van der Waals surface area contributed by atoms with Crippen LogP contribution in [-0.2, 0) is 6.54 Å². The molecular weight excluding hydrogens is 186 g/mol. The van der Waals surface area contributed by atoms with Crippen molar-refractivity contribution in [3.8, 4) is 0 Å². The third kappa shape index (κ3) is 1.25. The van der Waals surface area contributed by atoms with E-state index in [0.29, 0.717) is 12.2 Å². The number of imidazole rings is 1. The Morgan fingerprint density at radius 3 is 2.93 bits per heavy atom. The molecule has 74 valence electrons. The highest BCUT2D eigenvalue weighted by Gasteiger charge is 2.10. The van der Waals surface area contributed by atoms with Gasteiger partial charge in [0.15, 0.2) is 5.69 Å². The van der Waals surface area contributed by atoms with Gasteiger partial charge in [-0.25, -0.2) is 9.31 Å². The molecule has 6 nitrogen and oxygen atoms in total. The smallest absolute Gasteiger partial charge is 0.356 e. The number of carbonyl (C=O) groups is 1. The average molecular weight is 195 g/mol. The van der Waals surface area contributed by atoms with Crippen molar-refractivity contribution < 1.29 is 15.0 Å². The molecule has 0 atom stereocenters. The summed E-state index contributed by atoms with van der Waals surface area (Å²) in [6, 6.07) is 1.47. The number of rotatable bonds is 3. The molecule has 2 aromatic rings. The fourth-order valence-electron chi connectivity index (χ4n) is 1.33. The van der Waals surface area contributed by atoms with Gasteiger partial charge in [0.05, 0.1) is 6.61 Å². The summed E-state index contributed by atoms with van der Waals surface area (Å²) in [6.45, 7) is 0.444. The van der Waals surface area contributed by atoms with Crippen molar-refractivity contribution in [2.24, 2.45) is 0 Å². The molecule has 0 unspecified atom stereocenters. The summed E-state index contributed by atoms with van der Waals surface area (Å²) < 4.78 is 3.21. The first-order valence-electron chi connectivity index (χ1n) is 4.11. The van der Waals surface area contributed by atoms with Gasteiger partial charge in [0.25, 0.3) is 0 Å². The number of aliphatic hydroxyl groups is 1. The molecule has 14 heavy (non-hydrogen) atoms. The fraction of sp³-hybridized carbons (Fsp3) is 0.250. The first kappa shape index (κ1) is 8.76. The predicted molar refractivity (Wildman–Crippen MR) is 47.2 cm³/mol. The lowest BCUT2D eigenvalue weighted by atomic mass is 10.4. The second-order valence-electron chi connectivity index (χ2n) is 2.85. The Morgan fingerprint density at radius 2 is 2.29 bits per heavy atom. The zero-order chi connectivity index (χ0) is 10.1. The van der Waals surface area contributed by atoms with Gasteiger partial charge in [-0.3, -0.25) is 0 Å². The van der Waals surface area contributed by atoms with E-state index in [1.54, 1.807) is 17.0 Å². The zero-order valence-electron chi connectivity index (χ0n) is 7.29. The van der Waals surface area contributed by atoms with Gasteiger partial charge >= 0.3 is 5.97 Å². The fourth-order valence-corrected chi connectivity index (χ4v) is 1.33. The molecule has 0 aliphatic carbocycles. The number of nitrogens with zero attached hydrogens (tertiary/aromatic N) is 3. The van der Waals surface area contributed by atoms with Crippen LogP contribution in [0.15, 0.2) is 18.5 Å². The van der Waals surface area contributed by atoms with Crippen LogP contribution in [0.25, 0.3) is 5.65 Å². The molecule has 0 amide bonds. The molecule has 2 heterocycles. The molecule has 0 aromatic carbocycles. The summed E-state index contributed by atoms with van der Waals surface area (Å²) in [6.07, 6.45) is 3.39. The molecule has 0 bridgehead atoms. The maximum absolute atomic E-state index is 10.6. The van der Waals surface area contributed by atoms with Crippen molar-refractivity contribution in [2.45, 2.75) is 6.54 Å². The minimum absolute atomic E-state index is 0.00675. The minimum Gasteiger partial charge on any atom is -0.476 e. The van der Waals surface area contributed by atoms with Crippen molar-refractivity contribution in [1.29, 1.82) is 0 Å². The lowest BCUT2D eigenvalue weighted by molar-refractivity contribution is 0.0690. The molecule has 0 radical (unpaired) electrons. The SMILES string of the molecule is O=C(O)c1cc2n(CCO)ccn2n1. The van der Waals surface area contributed by atoms with Crippen LogP contribution in [-0.4, -0.2) is 37.0 Å². The van der Waals surface area contributed by atoms with Gasteiger partial charge in [-0.15, -0.1) is 0 Å². The molecule has 0 aliphatic rings. The molecular formula is C8H9N3O3. The summed E-state index contributed by atoms with van der Waals surface area (Å²) in [5, 5.41) is 21.3. The number of aromatic nitrogens is 3. The maximum atomic E-state index is 10.6. The Balaban J connectivity index is 2.50. The average Bonchev–Trinajstić information content (AvgIpc) is 2.67. The second kappa shape index (κ2) is 3.15.